The zero-order valence-corrected chi connectivity index (χ0v) is 12.0. The van der Waals surface area contributed by atoms with E-state index in [1.54, 1.807) is 6.07 Å². The molecule has 98 valence electrons. The van der Waals surface area contributed by atoms with Crippen LogP contribution in [-0.2, 0) is 0 Å². The third kappa shape index (κ3) is 2.18. The van der Waals surface area contributed by atoms with Crippen LogP contribution in [0.2, 0.25) is 0 Å². The number of hydrogen-bond acceptors (Lipinski definition) is 2. The quantitative estimate of drug-likeness (QED) is 0.481. The number of fused-ring (bicyclic) bond motifs is 1. The molecule has 0 aliphatic carbocycles. The Morgan fingerprint density at radius 1 is 0.900 bits per heavy atom. The molecule has 3 aromatic rings. The Kier molecular flexibility index (Phi) is 3.24. The lowest BCUT2D eigenvalue weighted by atomic mass is 9.99. The predicted octanol–water partition coefficient (Wildman–Crippen LogP) is 5.18. The Hall–Kier alpha value is -2.20. The molecule has 0 aliphatic rings. The van der Waals surface area contributed by atoms with Gasteiger partial charge in [-0.05, 0) is 35.2 Å². The lowest BCUT2D eigenvalue weighted by Crippen LogP contribution is -1.93. The van der Waals surface area contributed by atoms with Crippen LogP contribution in [0.4, 0.5) is 5.69 Å². The summed E-state index contributed by atoms with van der Waals surface area (Å²) in [6.45, 7) is 0. The van der Waals surface area contributed by atoms with Gasteiger partial charge in [-0.15, -0.1) is 0 Å². The van der Waals surface area contributed by atoms with Crippen molar-refractivity contribution >= 4 is 32.4 Å². The maximum Gasteiger partial charge on any atom is 0.284 e. The van der Waals surface area contributed by atoms with Crippen LogP contribution in [0.3, 0.4) is 0 Å². The van der Waals surface area contributed by atoms with Crippen molar-refractivity contribution in [2.75, 3.05) is 0 Å². The highest BCUT2D eigenvalue weighted by Crippen LogP contribution is 2.36. The van der Waals surface area contributed by atoms with Gasteiger partial charge in [-0.25, -0.2) is 0 Å². The molecule has 0 fully saturated rings. The summed E-state index contributed by atoms with van der Waals surface area (Å²) in [4.78, 5) is 11.2. The van der Waals surface area contributed by atoms with Gasteiger partial charge in [0.1, 0.15) is 0 Å². The standard InChI is InChI=1S/C16H10BrNO2/c17-13-8-5-12(6-9-13)15-10-7-11-3-1-2-4-14(11)16(15)18(19)20/h1-10H. The topological polar surface area (TPSA) is 43.1 Å². The Balaban J connectivity index is 2.33. The SMILES string of the molecule is O=[N+]([O-])c1c(-c2ccc(Br)cc2)ccc2ccccc12. The van der Waals surface area contributed by atoms with E-state index in [4.69, 9.17) is 0 Å². The molecular weight excluding hydrogens is 318 g/mol. The number of nitro groups is 1. The van der Waals surface area contributed by atoms with Crippen LogP contribution in [0.5, 0.6) is 0 Å². The summed E-state index contributed by atoms with van der Waals surface area (Å²) in [6, 6.07) is 18.6. The molecule has 0 bridgehead atoms. The normalized spacial score (nSPS) is 10.7. The van der Waals surface area contributed by atoms with Crippen LogP contribution in [0.25, 0.3) is 21.9 Å². The average molecular weight is 328 g/mol. The molecule has 0 aliphatic heterocycles. The molecule has 3 nitrogen and oxygen atoms in total. The van der Waals surface area contributed by atoms with Crippen molar-refractivity contribution in [1.29, 1.82) is 0 Å². The molecule has 0 radical (unpaired) electrons. The van der Waals surface area contributed by atoms with Gasteiger partial charge < -0.3 is 0 Å². The van der Waals surface area contributed by atoms with E-state index in [2.05, 4.69) is 15.9 Å². The van der Waals surface area contributed by atoms with E-state index in [0.717, 1.165) is 15.4 Å². The van der Waals surface area contributed by atoms with Crippen molar-refractivity contribution in [3.63, 3.8) is 0 Å². The summed E-state index contributed by atoms with van der Waals surface area (Å²) in [5.41, 5.74) is 1.64. The Morgan fingerprint density at radius 2 is 1.60 bits per heavy atom. The first-order valence-electron chi connectivity index (χ1n) is 6.09. The van der Waals surface area contributed by atoms with Crippen LogP contribution >= 0.6 is 15.9 Å². The van der Waals surface area contributed by atoms with E-state index in [1.165, 1.54) is 0 Å². The van der Waals surface area contributed by atoms with Gasteiger partial charge >= 0.3 is 0 Å². The molecule has 3 aromatic carbocycles. The van der Waals surface area contributed by atoms with Crippen molar-refractivity contribution in [2.24, 2.45) is 0 Å². The molecule has 0 amide bonds. The van der Waals surface area contributed by atoms with Crippen LogP contribution in [0.15, 0.2) is 65.1 Å². The second-order valence-electron chi connectivity index (χ2n) is 4.45. The smallest absolute Gasteiger partial charge is 0.258 e. The van der Waals surface area contributed by atoms with E-state index in [9.17, 15) is 10.1 Å². The molecule has 0 N–H and O–H groups in total. The van der Waals surface area contributed by atoms with E-state index < -0.39 is 0 Å². The largest absolute Gasteiger partial charge is 0.284 e. The van der Waals surface area contributed by atoms with E-state index in [0.29, 0.717) is 10.9 Å². The second kappa shape index (κ2) is 5.06. The first-order chi connectivity index (χ1) is 9.66. The van der Waals surface area contributed by atoms with Gasteiger partial charge in [-0.3, -0.25) is 10.1 Å². The van der Waals surface area contributed by atoms with E-state index >= 15 is 0 Å². The molecule has 0 unspecified atom stereocenters. The maximum absolute atomic E-state index is 11.5. The van der Waals surface area contributed by atoms with Gasteiger partial charge in [-0.2, -0.15) is 0 Å². The first-order valence-corrected chi connectivity index (χ1v) is 6.88. The third-order valence-electron chi connectivity index (χ3n) is 3.24. The first kappa shape index (κ1) is 12.8. The fraction of sp³-hybridized carbons (Fsp3) is 0. The molecule has 0 saturated heterocycles. The molecular formula is C16H10BrNO2. The fourth-order valence-electron chi connectivity index (χ4n) is 2.31. The monoisotopic (exact) mass is 327 g/mol. The summed E-state index contributed by atoms with van der Waals surface area (Å²) in [5, 5.41) is 13.0. The van der Waals surface area contributed by atoms with E-state index in [-0.39, 0.29) is 10.6 Å². The Labute approximate surface area is 124 Å². The Bertz CT molecular complexity index is 797. The van der Waals surface area contributed by atoms with Crippen LogP contribution in [0.1, 0.15) is 0 Å². The summed E-state index contributed by atoms with van der Waals surface area (Å²) in [6.07, 6.45) is 0. The van der Waals surface area contributed by atoms with Crippen molar-refractivity contribution in [1.82, 2.24) is 0 Å². The van der Waals surface area contributed by atoms with Gasteiger partial charge in [-0.1, -0.05) is 52.3 Å². The van der Waals surface area contributed by atoms with Crippen LogP contribution in [-0.4, -0.2) is 4.92 Å². The zero-order valence-electron chi connectivity index (χ0n) is 10.4. The number of nitro benzene ring substituents is 1. The van der Waals surface area contributed by atoms with Gasteiger partial charge in [0.25, 0.3) is 5.69 Å². The highest BCUT2D eigenvalue weighted by molar-refractivity contribution is 9.10. The van der Waals surface area contributed by atoms with Gasteiger partial charge in [0, 0.05) is 4.47 Å². The lowest BCUT2D eigenvalue weighted by molar-refractivity contribution is -0.382. The van der Waals surface area contributed by atoms with Crippen molar-refractivity contribution < 1.29 is 4.92 Å². The number of halogens is 1. The molecule has 20 heavy (non-hydrogen) atoms. The average Bonchev–Trinajstić information content (AvgIpc) is 2.46. The van der Waals surface area contributed by atoms with Crippen LogP contribution in [0, 0.1) is 10.1 Å². The van der Waals surface area contributed by atoms with Gasteiger partial charge in [0.15, 0.2) is 0 Å². The van der Waals surface area contributed by atoms with Gasteiger partial charge in [0.05, 0.1) is 15.9 Å². The number of hydrogen-bond donors (Lipinski definition) is 0. The maximum atomic E-state index is 11.5. The predicted molar refractivity (Wildman–Crippen MR) is 83.7 cm³/mol. The summed E-state index contributed by atoms with van der Waals surface area (Å²) in [5.74, 6) is 0. The highest BCUT2D eigenvalue weighted by Gasteiger charge is 2.19. The lowest BCUT2D eigenvalue weighted by Gasteiger charge is -2.06. The number of benzene rings is 3. The molecule has 0 heterocycles. The minimum atomic E-state index is -0.306. The van der Waals surface area contributed by atoms with Crippen molar-refractivity contribution in [3.8, 4) is 11.1 Å². The second-order valence-corrected chi connectivity index (χ2v) is 5.36. The summed E-state index contributed by atoms with van der Waals surface area (Å²) >= 11 is 3.37. The number of rotatable bonds is 2. The highest BCUT2D eigenvalue weighted by atomic mass is 79.9. The molecule has 0 atom stereocenters. The van der Waals surface area contributed by atoms with Crippen molar-refractivity contribution in [3.05, 3.63) is 75.3 Å². The molecule has 0 saturated carbocycles. The molecule has 4 heteroatoms. The molecule has 0 aromatic heterocycles. The summed E-state index contributed by atoms with van der Waals surface area (Å²) < 4.78 is 0.949. The minimum Gasteiger partial charge on any atom is -0.258 e. The summed E-state index contributed by atoms with van der Waals surface area (Å²) in [7, 11) is 0. The third-order valence-corrected chi connectivity index (χ3v) is 3.77. The Morgan fingerprint density at radius 3 is 2.30 bits per heavy atom. The van der Waals surface area contributed by atoms with Crippen molar-refractivity contribution in [2.45, 2.75) is 0 Å². The van der Waals surface area contributed by atoms with E-state index in [1.807, 2.05) is 54.6 Å². The van der Waals surface area contributed by atoms with Crippen LogP contribution < -0.4 is 0 Å². The minimum absolute atomic E-state index is 0.158. The molecule has 3 rings (SSSR count). The fourth-order valence-corrected chi connectivity index (χ4v) is 2.58. The van der Waals surface area contributed by atoms with Gasteiger partial charge in [0.2, 0.25) is 0 Å². The molecule has 0 spiro atoms. The zero-order chi connectivity index (χ0) is 14.1. The number of nitrogens with zero attached hydrogens (tertiary/aromatic N) is 1.